The second kappa shape index (κ2) is 10.3. The maximum Gasteiger partial charge on any atom is 0.411 e. The van der Waals surface area contributed by atoms with Crippen LogP contribution in [0.15, 0.2) is 30.3 Å². The molecule has 0 bridgehead atoms. The molecule has 0 radical (unpaired) electrons. The Balaban J connectivity index is 3.26. The van der Waals surface area contributed by atoms with Crippen LogP contribution < -0.4 is 5.32 Å². The van der Waals surface area contributed by atoms with Gasteiger partial charge in [-0.25, -0.2) is 9.59 Å². The first-order valence-electron chi connectivity index (χ1n) is 8.56. The molecule has 1 rings (SSSR count). The molecular formula is C21H25NO5. The fourth-order valence-corrected chi connectivity index (χ4v) is 1.89. The number of ether oxygens (including phenoxy) is 3. The maximum absolute atomic E-state index is 12.6. The number of rotatable bonds is 6. The molecule has 6 nitrogen and oxygen atoms in total. The highest BCUT2D eigenvalue weighted by atomic mass is 16.6. The van der Waals surface area contributed by atoms with Crippen LogP contribution in [-0.4, -0.2) is 36.6 Å². The van der Waals surface area contributed by atoms with E-state index >= 15 is 0 Å². The predicted octanol–water partition coefficient (Wildman–Crippen LogP) is 2.86. The van der Waals surface area contributed by atoms with Gasteiger partial charge in [-0.05, 0) is 45.7 Å². The van der Waals surface area contributed by atoms with Gasteiger partial charge in [0, 0.05) is 12.0 Å². The van der Waals surface area contributed by atoms with Crippen LogP contribution in [0.5, 0.6) is 0 Å². The number of amides is 1. The van der Waals surface area contributed by atoms with Crippen molar-refractivity contribution in [3.8, 4) is 24.2 Å². The van der Waals surface area contributed by atoms with E-state index in [2.05, 4.69) is 23.1 Å². The van der Waals surface area contributed by atoms with E-state index in [1.54, 1.807) is 52.0 Å². The summed E-state index contributed by atoms with van der Waals surface area (Å²) in [6.45, 7) is 6.83. The summed E-state index contributed by atoms with van der Waals surface area (Å²) in [7, 11) is 0. The van der Waals surface area contributed by atoms with Crippen LogP contribution >= 0.6 is 0 Å². The van der Waals surface area contributed by atoms with Crippen molar-refractivity contribution in [2.75, 3.05) is 13.2 Å². The van der Waals surface area contributed by atoms with Crippen molar-refractivity contribution in [3.63, 3.8) is 0 Å². The Morgan fingerprint density at radius 1 is 1.19 bits per heavy atom. The van der Waals surface area contributed by atoms with Crippen LogP contribution in [0, 0.1) is 24.2 Å². The summed E-state index contributed by atoms with van der Waals surface area (Å²) in [4.78, 5) is 24.9. The van der Waals surface area contributed by atoms with Gasteiger partial charge < -0.3 is 14.2 Å². The van der Waals surface area contributed by atoms with Crippen molar-refractivity contribution >= 4 is 12.1 Å². The van der Waals surface area contributed by atoms with Gasteiger partial charge in [-0.1, -0.05) is 24.1 Å². The third-order valence-corrected chi connectivity index (χ3v) is 2.96. The molecular weight excluding hydrogens is 346 g/mol. The first-order chi connectivity index (χ1) is 12.7. The Morgan fingerprint density at radius 3 is 2.41 bits per heavy atom. The first-order valence-corrected chi connectivity index (χ1v) is 8.56. The van der Waals surface area contributed by atoms with E-state index in [-0.39, 0.29) is 19.6 Å². The molecule has 0 heterocycles. The molecule has 0 aliphatic rings. The third-order valence-electron chi connectivity index (χ3n) is 2.96. The Morgan fingerprint density at radius 2 is 1.85 bits per heavy atom. The summed E-state index contributed by atoms with van der Waals surface area (Å²) in [5, 5.41) is 2.40. The van der Waals surface area contributed by atoms with E-state index in [1.165, 1.54) is 0 Å². The van der Waals surface area contributed by atoms with Gasteiger partial charge in [-0.2, -0.15) is 0 Å². The zero-order valence-electron chi connectivity index (χ0n) is 16.1. The quantitative estimate of drug-likeness (QED) is 0.360. The molecule has 1 amide bonds. The Kier molecular flexibility index (Phi) is 8.38. The average molecular weight is 371 g/mol. The van der Waals surface area contributed by atoms with Gasteiger partial charge in [-0.15, -0.1) is 12.3 Å². The van der Waals surface area contributed by atoms with Gasteiger partial charge in [0.1, 0.15) is 5.60 Å². The lowest BCUT2D eigenvalue weighted by atomic mass is 10.1. The fraction of sp³-hybridized carbons (Fsp3) is 0.429. The predicted molar refractivity (Wildman–Crippen MR) is 101 cm³/mol. The van der Waals surface area contributed by atoms with Crippen molar-refractivity contribution < 1.29 is 23.8 Å². The molecule has 1 N–H and O–H groups in total. The number of esters is 1. The number of hydrogen-bond donors (Lipinski definition) is 1. The van der Waals surface area contributed by atoms with Crippen molar-refractivity contribution in [2.45, 2.75) is 45.4 Å². The van der Waals surface area contributed by atoms with E-state index in [0.717, 1.165) is 0 Å². The van der Waals surface area contributed by atoms with E-state index in [9.17, 15) is 9.59 Å². The lowest BCUT2D eigenvalue weighted by molar-refractivity contribution is -0.167. The smallest absolute Gasteiger partial charge is 0.411 e. The minimum atomic E-state index is -2.04. The monoisotopic (exact) mass is 371 g/mol. The summed E-state index contributed by atoms with van der Waals surface area (Å²) in [5.41, 5.74) is -2.17. The maximum atomic E-state index is 12.6. The second-order valence-corrected chi connectivity index (χ2v) is 6.45. The van der Waals surface area contributed by atoms with E-state index in [4.69, 9.17) is 20.6 Å². The second-order valence-electron chi connectivity index (χ2n) is 6.45. The molecule has 1 aromatic rings. The summed E-state index contributed by atoms with van der Waals surface area (Å²) in [6.07, 6.45) is 4.61. The molecule has 6 heteroatoms. The summed E-state index contributed by atoms with van der Waals surface area (Å²) < 4.78 is 15.9. The number of carbonyl (C=O) groups is 2. The number of terminal acetylenes is 1. The minimum Gasteiger partial charge on any atom is -0.462 e. The van der Waals surface area contributed by atoms with Gasteiger partial charge in [0.15, 0.2) is 0 Å². The lowest BCUT2D eigenvalue weighted by Crippen LogP contribution is -2.57. The van der Waals surface area contributed by atoms with Crippen molar-refractivity contribution in [2.24, 2.45) is 0 Å². The zero-order chi connectivity index (χ0) is 20.3. The lowest BCUT2D eigenvalue weighted by Gasteiger charge is -2.29. The molecule has 1 atom stereocenters. The average Bonchev–Trinajstić information content (AvgIpc) is 2.59. The number of benzene rings is 1. The Hall–Kier alpha value is -2.96. The molecule has 0 fully saturated rings. The molecule has 0 saturated carbocycles. The van der Waals surface area contributed by atoms with E-state index < -0.39 is 23.4 Å². The first kappa shape index (κ1) is 22.1. The van der Waals surface area contributed by atoms with Crippen LogP contribution in [-0.2, 0) is 19.0 Å². The zero-order valence-corrected chi connectivity index (χ0v) is 16.1. The van der Waals surface area contributed by atoms with Gasteiger partial charge in [0.25, 0.3) is 0 Å². The van der Waals surface area contributed by atoms with E-state index in [1.807, 2.05) is 6.07 Å². The van der Waals surface area contributed by atoms with Crippen LogP contribution in [0.4, 0.5) is 4.79 Å². The largest absolute Gasteiger partial charge is 0.462 e. The van der Waals surface area contributed by atoms with Crippen LogP contribution in [0.3, 0.4) is 0 Å². The van der Waals surface area contributed by atoms with Crippen LogP contribution in [0.1, 0.15) is 39.7 Å². The molecule has 0 aromatic heterocycles. The SMILES string of the molecule is C#CCCOC(C#Cc1ccccc1)(NC(=O)OC(C)(C)C)C(=O)OCC. The molecule has 0 spiro atoms. The fourth-order valence-electron chi connectivity index (χ4n) is 1.89. The van der Waals surface area contributed by atoms with Crippen LogP contribution in [0.25, 0.3) is 0 Å². The molecule has 144 valence electrons. The summed E-state index contributed by atoms with van der Waals surface area (Å²) in [5.74, 6) is 7.06. The molecule has 1 aromatic carbocycles. The van der Waals surface area contributed by atoms with Crippen molar-refractivity contribution in [3.05, 3.63) is 35.9 Å². The summed E-state index contributed by atoms with van der Waals surface area (Å²) >= 11 is 0. The standard InChI is InChI=1S/C21H25NO5/c1-6-8-16-26-21(18(23)25-7-2,22-19(24)27-20(3,4)5)15-14-17-12-10-9-11-13-17/h1,9-13H,7-8,16H2,2-5H3,(H,22,24). The van der Waals surface area contributed by atoms with Gasteiger partial charge in [0.05, 0.1) is 13.2 Å². The topological polar surface area (TPSA) is 73.9 Å². The minimum absolute atomic E-state index is 0.00538. The van der Waals surface area contributed by atoms with Crippen LogP contribution in [0.2, 0.25) is 0 Å². The highest BCUT2D eigenvalue weighted by Crippen LogP contribution is 2.14. The van der Waals surface area contributed by atoms with E-state index in [0.29, 0.717) is 5.56 Å². The Labute approximate surface area is 160 Å². The van der Waals surface area contributed by atoms with Gasteiger partial charge in [-0.3, -0.25) is 5.32 Å². The number of alkyl carbamates (subject to hydrolysis) is 1. The normalized spacial score (nSPS) is 12.6. The molecule has 0 aliphatic carbocycles. The highest BCUT2D eigenvalue weighted by molar-refractivity contribution is 5.88. The number of nitrogens with one attached hydrogen (secondary N) is 1. The Bertz CT molecular complexity index is 734. The molecule has 27 heavy (non-hydrogen) atoms. The highest BCUT2D eigenvalue weighted by Gasteiger charge is 2.43. The van der Waals surface area contributed by atoms with Crippen molar-refractivity contribution in [1.29, 1.82) is 0 Å². The molecule has 1 unspecified atom stereocenters. The van der Waals surface area contributed by atoms with Crippen molar-refractivity contribution in [1.82, 2.24) is 5.32 Å². The summed E-state index contributed by atoms with van der Waals surface area (Å²) in [6, 6.07) is 8.97. The molecule has 0 aliphatic heterocycles. The number of hydrogen-bond acceptors (Lipinski definition) is 5. The number of carbonyl (C=O) groups excluding carboxylic acids is 2. The van der Waals surface area contributed by atoms with Gasteiger partial charge >= 0.3 is 17.8 Å². The van der Waals surface area contributed by atoms with Gasteiger partial charge in [0.2, 0.25) is 0 Å². The third kappa shape index (κ3) is 7.85. The molecule has 0 saturated heterocycles.